The molecule has 0 amide bonds. The molecule has 0 saturated carbocycles. The number of ketones is 1. The lowest BCUT2D eigenvalue weighted by Gasteiger charge is -2.06. The van der Waals surface area contributed by atoms with Gasteiger partial charge in [0, 0.05) is 5.56 Å². The van der Waals surface area contributed by atoms with Crippen molar-refractivity contribution in [3.05, 3.63) is 67.0 Å². The molecule has 5 nitrogen and oxygen atoms in total. The third-order valence-corrected chi connectivity index (χ3v) is 4.55. The van der Waals surface area contributed by atoms with Crippen LogP contribution in [0.25, 0.3) is 11.0 Å². The van der Waals surface area contributed by atoms with Gasteiger partial charge in [-0.3, -0.25) is 9.59 Å². The van der Waals surface area contributed by atoms with Gasteiger partial charge in [0.25, 0.3) is 5.56 Å². The summed E-state index contributed by atoms with van der Waals surface area (Å²) in [6, 6.07) is 10.2. The maximum atomic E-state index is 12.4. The Balaban J connectivity index is 1.97. The number of aromatic amines is 1. The highest BCUT2D eigenvalue weighted by atomic mass is 79.9. The number of aromatic hydroxyl groups is 1. The summed E-state index contributed by atoms with van der Waals surface area (Å²) < 4.78 is 0.797. The Labute approximate surface area is 147 Å². The van der Waals surface area contributed by atoms with E-state index in [0.29, 0.717) is 25.5 Å². The average molecular weight is 438 g/mol. The molecule has 0 aliphatic heterocycles. The zero-order valence-electron chi connectivity index (χ0n) is 11.6. The van der Waals surface area contributed by atoms with Gasteiger partial charge < -0.3 is 10.1 Å². The SMILES string of the molecule is O=C(Cc1nc2ccccc2[nH]c1=O)c1cc(Br)c(O)c(Br)c1. The normalized spacial score (nSPS) is 10.9. The van der Waals surface area contributed by atoms with E-state index in [1.165, 1.54) is 12.1 Å². The van der Waals surface area contributed by atoms with Gasteiger partial charge in [-0.2, -0.15) is 0 Å². The highest BCUT2D eigenvalue weighted by Gasteiger charge is 2.15. The van der Waals surface area contributed by atoms with Crippen LogP contribution in [0.1, 0.15) is 16.1 Å². The Morgan fingerprint density at radius 2 is 1.83 bits per heavy atom. The number of phenols is 1. The monoisotopic (exact) mass is 436 g/mol. The van der Waals surface area contributed by atoms with Gasteiger partial charge in [0.15, 0.2) is 5.78 Å². The minimum atomic E-state index is -0.381. The first-order valence-electron chi connectivity index (χ1n) is 6.65. The molecule has 0 aliphatic carbocycles. The van der Waals surface area contributed by atoms with Crippen LogP contribution in [-0.2, 0) is 6.42 Å². The number of para-hydroxylation sites is 2. The molecular weight excluding hydrogens is 428 g/mol. The van der Waals surface area contributed by atoms with Crippen molar-refractivity contribution in [3.8, 4) is 5.75 Å². The molecule has 0 radical (unpaired) electrons. The first-order valence-corrected chi connectivity index (χ1v) is 8.23. The topological polar surface area (TPSA) is 83.0 Å². The fourth-order valence-electron chi connectivity index (χ4n) is 2.17. The summed E-state index contributed by atoms with van der Waals surface area (Å²) in [4.78, 5) is 31.4. The summed E-state index contributed by atoms with van der Waals surface area (Å²) in [6.07, 6.45) is -0.121. The number of benzene rings is 2. The second-order valence-electron chi connectivity index (χ2n) is 4.92. The number of Topliss-reactive ketones (excluding diaryl/α,β-unsaturated/α-hetero) is 1. The number of rotatable bonds is 3. The second-order valence-corrected chi connectivity index (χ2v) is 6.63. The van der Waals surface area contributed by atoms with Gasteiger partial charge in [-0.15, -0.1) is 0 Å². The van der Waals surface area contributed by atoms with E-state index in [1.54, 1.807) is 18.2 Å². The summed E-state index contributed by atoms with van der Waals surface area (Å²) in [5.41, 5.74) is 1.41. The average Bonchev–Trinajstić information content (AvgIpc) is 2.52. The summed E-state index contributed by atoms with van der Waals surface area (Å²) in [7, 11) is 0. The van der Waals surface area contributed by atoms with Crippen molar-refractivity contribution in [2.75, 3.05) is 0 Å². The molecule has 0 fully saturated rings. The lowest BCUT2D eigenvalue weighted by Crippen LogP contribution is -2.19. The number of nitrogens with one attached hydrogen (secondary N) is 1. The van der Waals surface area contributed by atoms with Crippen molar-refractivity contribution >= 4 is 48.7 Å². The molecule has 0 spiro atoms. The maximum absolute atomic E-state index is 12.4. The molecule has 2 N–H and O–H groups in total. The Bertz CT molecular complexity index is 959. The summed E-state index contributed by atoms with van der Waals surface area (Å²) in [6.45, 7) is 0. The minimum absolute atomic E-state index is 0.0169. The van der Waals surface area contributed by atoms with Gasteiger partial charge in [0.1, 0.15) is 11.4 Å². The molecule has 0 bridgehead atoms. The van der Waals surface area contributed by atoms with Crippen LogP contribution in [-0.4, -0.2) is 20.9 Å². The lowest BCUT2D eigenvalue weighted by molar-refractivity contribution is 0.0991. The van der Waals surface area contributed by atoms with E-state index in [0.717, 1.165) is 0 Å². The fourth-order valence-corrected chi connectivity index (χ4v) is 3.35. The predicted octanol–water partition coefficient (Wildman–Crippen LogP) is 3.58. The van der Waals surface area contributed by atoms with E-state index in [2.05, 4.69) is 41.8 Å². The number of phenolic OH excluding ortho intramolecular Hbond substituents is 1. The Kier molecular flexibility index (Phi) is 4.32. The number of carbonyl (C=O) groups is 1. The Morgan fingerprint density at radius 3 is 2.52 bits per heavy atom. The molecule has 3 rings (SSSR count). The minimum Gasteiger partial charge on any atom is -0.506 e. The number of nitrogens with zero attached hydrogens (tertiary/aromatic N) is 1. The fraction of sp³-hybridized carbons (Fsp3) is 0.0625. The molecule has 1 heterocycles. The predicted molar refractivity (Wildman–Crippen MR) is 93.9 cm³/mol. The molecule has 2 aromatic carbocycles. The van der Waals surface area contributed by atoms with Crippen LogP contribution in [0.15, 0.2) is 50.1 Å². The largest absolute Gasteiger partial charge is 0.506 e. The number of H-pyrrole nitrogens is 1. The molecule has 0 atom stereocenters. The number of carbonyl (C=O) groups excluding carboxylic acids is 1. The van der Waals surface area contributed by atoms with Crippen molar-refractivity contribution in [1.82, 2.24) is 9.97 Å². The molecule has 23 heavy (non-hydrogen) atoms. The van der Waals surface area contributed by atoms with Gasteiger partial charge in [0.05, 0.1) is 26.4 Å². The Hall–Kier alpha value is -1.99. The molecule has 0 aliphatic rings. The van der Waals surface area contributed by atoms with Crippen molar-refractivity contribution in [3.63, 3.8) is 0 Å². The van der Waals surface area contributed by atoms with Gasteiger partial charge >= 0.3 is 0 Å². The number of aromatic nitrogens is 2. The van der Waals surface area contributed by atoms with E-state index >= 15 is 0 Å². The van der Waals surface area contributed by atoms with E-state index in [9.17, 15) is 14.7 Å². The molecule has 7 heteroatoms. The van der Waals surface area contributed by atoms with E-state index in [-0.39, 0.29) is 29.2 Å². The summed E-state index contributed by atoms with van der Waals surface area (Å²) in [5.74, 6) is -0.247. The van der Waals surface area contributed by atoms with E-state index in [1.807, 2.05) is 6.07 Å². The number of halogens is 2. The maximum Gasteiger partial charge on any atom is 0.270 e. The third kappa shape index (κ3) is 3.20. The van der Waals surface area contributed by atoms with E-state index in [4.69, 9.17) is 0 Å². The van der Waals surface area contributed by atoms with Gasteiger partial charge in [-0.05, 0) is 56.1 Å². The highest BCUT2D eigenvalue weighted by Crippen LogP contribution is 2.33. The Morgan fingerprint density at radius 1 is 1.17 bits per heavy atom. The quantitative estimate of drug-likeness (QED) is 0.613. The highest BCUT2D eigenvalue weighted by molar-refractivity contribution is 9.11. The van der Waals surface area contributed by atoms with Crippen LogP contribution < -0.4 is 5.56 Å². The van der Waals surface area contributed by atoms with Crippen LogP contribution in [0.5, 0.6) is 5.75 Å². The zero-order chi connectivity index (χ0) is 16.6. The van der Waals surface area contributed by atoms with E-state index < -0.39 is 0 Å². The molecule has 0 saturated heterocycles. The van der Waals surface area contributed by atoms with Crippen LogP contribution in [0.3, 0.4) is 0 Å². The molecular formula is C16H10Br2N2O3. The standard InChI is InChI=1S/C16H10Br2N2O3/c17-9-5-8(6-10(18)15(9)22)14(21)7-13-16(23)20-12-4-2-1-3-11(12)19-13/h1-6,22H,7H2,(H,20,23). The molecule has 1 aromatic heterocycles. The number of hydrogen-bond donors (Lipinski definition) is 2. The molecule has 3 aromatic rings. The number of hydrogen-bond acceptors (Lipinski definition) is 4. The zero-order valence-corrected chi connectivity index (χ0v) is 14.8. The molecule has 116 valence electrons. The van der Waals surface area contributed by atoms with Crippen LogP contribution >= 0.6 is 31.9 Å². The van der Waals surface area contributed by atoms with Crippen molar-refractivity contribution in [2.45, 2.75) is 6.42 Å². The van der Waals surface area contributed by atoms with Gasteiger partial charge in [-0.25, -0.2) is 4.98 Å². The van der Waals surface area contributed by atoms with Crippen molar-refractivity contribution < 1.29 is 9.90 Å². The van der Waals surface area contributed by atoms with Crippen LogP contribution in [0.2, 0.25) is 0 Å². The lowest BCUT2D eigenvalue weighted by atomic mass is 10.1. The van der Waals surface area contributed by atoms with Crippen molar-refractivity contribution in [1.29, 1.82) is 0 Å². The van der Waals surface area contributed by atoms with Gasteiger partial charge in [-0.1, -0.05) is 12.1 Å². The number of fused-ring (bicyclic) bond motifs is 1. The van der Waals surface area contributed by atoms with Gasteiger partial charge in [0.2, 0.25) is 0 Å². The summed E-state index contributed by atoms with van der Waals surface area (Å²) >= 11 is 6.36. The first kappa shape index (κ1) is 15.9. The van der Waals surface area contributed by atoms with Crippen LogP contribution in [0, 0.1) is 0 Å². The smallest absolute Gasteiger partial charge is 0.270 e. The third-order valence-electron chi connectivity index (χ3n) is 3.34. The summed E-state index contributed by atoms with van der Waals surface area (Å²) in [5, 5.41) is 9.69. The first-order chi connectivity index (χ1) is 11.0. The second kappa shape index (κ2) is 6.25. The molecule has 0 unspecified atom stereocenters. The van der Waals surface area contributed by atoms with Crippen molar-refractivity contribution in [2.24, 2.45) is 0 Å². The van der Waals surface area contributed by atoms with Crippen LogP contribution in [0.4, 0.5) is 0 Å².